The predicted molar refractivity (Wildman–Crippen MR) is 108 cm³/mol. The normalized spacial score (nSPS) is 10.7. The SMILES string of the molecule is Cc1ccc(-c2c(C)c(C(=O)NCC(=O)O)nn2-c2ccc(Cl)cc2Cl)cc1. The number of nitrogens with zero attached hydrogens (tertiary/aromatic N) is 2. The Hall–Kier alpha value is -2.83. The van der Waals surface area contributed by atoms with Gasteiger partial charge in [0.15, 0.2) is 5.69 Å². The number of aryl methyl sites for hydroxylation is 1. The number of nitrogens with one attached hydrogen (secondary N) is 1. The number of amides is 1. The lowest BCUT2D eigenvalue weighted by molar-refractivity contribution is -0.135. The zero-order chi connectivity index (χ0) is 20.4. The topological polar surface area (TPSA) is 84.2 Å². The number of benzene rings is 2. The van der Waals surface area contributed by atoms with Gasteiger partial charge in [0.05, 0.1) is 16.4 Å². The molecular formula is C20H17Cl2N3O3. The summed E-state index contributed by atoms with van der Waals surface area (Å²) in [6.07, 6.45) is 0. The number of aliphatic carboxylic acids is 1. The number of halogens is 2. The van der Waals surface area contributed by atoms with E-state index in [1.165, 1.54) is 0 Å². The van der Waals surface area contributed by atoms with Crippen molar-refractivity contribution in [1.82, 2.24) is 15.1 Å². The van der Waals surface area contributed by atoms with Crippen LogP contribution in [0.3, 0.4) is 0 Å². The monoisotopic (exact) mass is 417 g/mol. The van der Waals surface area contributed by atoms with E-state index in [1.807, 2.05) is 31.2 Å². The molecule has 1 amide bonds. The number of aromatic nitrogens is 2. The summed E-state index contributed by atoms with van der Waals surface area (Å²) in [7, 11) is 0. The van der Waals surface area contributed by atoms with Crippen LogP contribution in [0, 0.1) is 13.8 Å². The van der Waals surface area contributed by atoms with Gasteiger partial charge in [0, 0.05) is 16.1 Å². The average molecular weight is 418 g/mol. The molecule has 0 aliphatic rings. The molecule has 144 valence electrons. The van der Waals surface area contributed by atoms with Gasteiger partial charge in [-0.2, -0.15) is 5.10 Å². The van der Waals surface area contributed by atoms with E-state index in [4.69, 9.17) is 28.3 Å². The fourth-order valence-electron chi connectivity index (χ4n) is 2.83. The van der Waals surface area contributed by atoms with Gasteiger partial charge in [-0.3, -0.25) is 9.59 Å². The Morgan fingerprint density at radius 1 is 1.11 bits per heavy atom. The van der Waals surface area contributed by atoms with Crippen molar-refractivity contribution in [2.24, 2.45) is 0 Å². The first-order chi connectivity index (χ1) is 13.3. The third-order valence-electron chi connectivity index (χ3n) is 4.20. The third-order valence-corrected chi connectivity index (χ3v) is 4.74. The minimum absolute atomic E-state index is 0.128. The number of carbonyl (C=O) groups is 2. The quantitative estimate of drug-likeness (QED) is 0.648. The van der Waals surface area contributed by atoms with Gasteiger partial charge in [-0.1, -0.05) is 53.0 Å². The molecule has 2 aromatic carbocycles. The number of carboxylic acid groups (broad SMARTS) is 1. The van der Waals surface area contributed by atoms with Gasteiger partial charge in [-0.05, 0) is 32.0 Å². The maximum Gasteiger partial charge on any atom is 0.322 e. The first-order valence-electron chi connectivity index (χ1n) is 8.40. The van der Waals surface area contributed by atoms with E-state index >= 15 is 0 Å². The number of hydrogen-bond acceptors (Lipinski definition) is 3. The summed E-state index contributed by atoms with van der Waals surface area (Å²) in [5.74, 6) is -1.71. The van der Waals surface area contributed by atoms with E-state index < -0.39 is 18.4 Å². The van der Waals surface area contributed by atoms with E-state index in [0.29, 0.717) is 27.0 Å². The summed E-state index contributed by atoms with van der Waals surface area (Å²) in [5.41, 5.74) is 3.92. The van der Waals surface area contributed by atoms with Crippen molar-refractivity contribution in [1.29, 1.82) is 0 Å². The molecule has 8 heteroatoms. The summed E-state index contributed by atoms with van der Waals surface area (Å²) in [4.78, 5) is 23.3. The summed E-state index contributed by atoms with van der Waals surface area (Å²) in [6.45, 7) is 3.25. The molecule has 3 rings (SSSR count). The van der Waals surface area contributed by atoms with Crippen LogP contribution in [0.4, 0.5) is 0 Å². The maximum absolute atomic E-state index is 12.5. The molecule has 0 spiro atoms. The molecule has 0 saturated heterocycles. The summed E-state index contributed by atoms with van der Waals surface area (Å²) in [5, 5.41) is 16.4. The van der Waals surface area contributed by atoms with E-state index in [0.717, 1.165) is 11.1 Å². The number of carboxylic acids is 1. The Morgan fingerprint density at radius 2 is 1.79 bits per heavy atom. The Bertz CT molecular complexity index is 1060. The highest BCUT2D eigenvalue weighted by atomic mass is 35.5. The second-order valence-corrected chi connectivity index (χ2v) is 7.12. The fraction of sp³-hybridized carbons (Fsp3) is 0.150. The zero-order valence-corrected chi connectivity index (χ0v) is 16.7. The Balaban J connectivity index is 2.18. The van der Waals surface area contributed by atoms with Crippen LogP contribution in [-0.4, -0.2) is 33.3 Å². The van der Waals surface area contributed by atoms with Crippen molar-refractivity contribution in [2.45, 2.75) is 13.8 Å². The molecule has 2 N–H and O–H groups in total. The molecule has 0 radical (unpaired) electrons. The molecule has 0 aliphatic heterocycles. The zero-order valence-electron chi connectivity index (χ0n) is 15.2. The molecule has 6 nitrogen and oxygen atoms in total. The van der Waals surface area contributed by atoms with Crippen LogP contribution in [0.2, 0.25) is 10.0 Å². The van der Waals surface area contributed by atoms with Crippen molar-refractivity contribution >= 4 is 35.1 Å². The Morgan fingerprint density at radius 3 is 2.39 bits per heavy atom. The highest BCUT2D eigenvalue weighted by Crippen LogP contribution is 2.32. The standard InChI is InChI=1S/C20H17Cl2N3O3/c1-11-3-5-13(6-4-11)19-12(2)18(20(28)23-10-17(26)27)24-25(19)16-8-7-14(21)9-15(16)22/h3-9H,10H2,1-2H3,(H,23,28)(H,26,27). The molecular weight excluding hydrogens is 401 g/mol. The van der Waals surface area contributed by atoms with E-state index in [1.54, 1.807) is 29.8 Å². The first-order valence-corrected chi connectivity index (χ1v) is 9.15. The molecule has 0 aliphatic carbocycles. The van der Waals surface area contributed by atoms with Gasteiger partial charge in [-0.25, -0.2) is 4.68 Å². The van der Waals surface area contributed by atoms with Crippen LogP contribution in [0.25, 0.3) is 16.9 Å². The van der Waals surface area contributed by atoms with E-state index in [-0.39, 0.29) is 5.69 Å². The molecule has 28 heavy (non-hydrogen) atoms. The van der Waals surface area contributed by atoms with Crippen molar-refractivity contribution in [3.8, 4) is 16.9 Å². The van der Waals surface area contributed by atoms with Gasteiger partial charge in [0.2, 0.25) is 0 Å². The summed E-state index contributed by atoms with van der Waals surface area (Å²) < 4.78 is 1.58. The molecule has 0 bridgehead atoms. The van der Waals surface area contributed by atoms with Gasteiger partial charge >= 0.3 is 5.97 Å². The molecule has 3 aromatic rings. The molecule has 1 aromatic heterocycles. The minimum Gasteiger partial charge on any atom is -0.480 e. The fourth-order valence-corrected chi connectivity index (χ4v) is 3.32. The van der Waals surface area contributed by atoms with Crippen LogP contribution < -0.4 is 5.32 Å². The van der Waals surface area contributed by atoms with Crippen LogP contribution in [0.15, 0.2) is 42.5 Å². The molecule has 0 saturated carbocycles. The second-order valence-electron chi connectivity index (χ2n) is 6.27. The number of rotatable bonds is 5. The van der Waals surface area contributed by atoms with E-state index in [9.17, 15) is 9.59 Å². The second kappa shape index (κ2) is 8.04. The largest absolute Gasteiger partial charge is 0.480 e. The van der Waals surface area contributed by atoms with Gasteiger partial charge in [0.25, 0.3) is 5.91 Å². The molecule has 0 fully saturated rings. The van der Waals surface area contributed by atoms with Crippen LogP contribution in [0.5, 0.6) is 0 Å². The lowest BCUT2D eigenvalue weighted by atomic mass is 10.0. The van der Waals surface area contributed by atoms with Crippen LogP contribution in [0.1, 0.15) is 21.6 Å². The Labute approximate surface area is 171 Å². The van der Waals surface area contributed by atoms with E-state index in [2.05, 4.69) is 10.4 Å². The minimum atomic E-state index is -1.13. The molecule has 1 heterocycles. The third kappa shape index (κ3) is 4.03. The van der Waals surface area contributed by atoms with Crippen molar-refractivity contribution in [3.05, 3.63) is 69.3 Å². The average Bonchev–Trinajstić information content (AvgIpc) is 2.97. The molecule has 0 unspecified atom stereocenters. The first kappa shape index (κ1) is 19.9. The highest BCUT2D eigenvalue weighted by molar-refractivity contribution is 6.35. The summed E-state index contributed by atoms with van der Waals surface area (Å²) >= 11 is 12.4. The van der Waals surface area contributed by atoms with Crippen molar-refractivity contribution in [2.75, 3.05) is 6.54 Å². The number of carbonyl (C=O) groups excluding carboxylic acids is 1. The van der Waals surface area contributed by atoms with Gasteiger partial charge in [0.1, 0.15) is 6.54 Å². The lowest BCUT2D eigenvalue weighted by Gasteiger charge is -2.11. The van der Waals surface area contributed by atoms with Crippen LogP contribution >= 0.6 is 23.2 Å². The highest BCUT2D eigenvalue weighted by Gasteiger charge is 2.23. The summed E-state index contributed by atoms with van der Waals surface area (Å²) in [6, 6.07) is 12.8. The van der Waals surface area contributed by atoms with Crippen molar-refractivity contribution in [3.63, 3.8) is 0 Å². The van der Waals surface area contributed by atoms with Gasteiger partial charge < -0.3 is 10.4 Å². The number of hydrogen-bond donors (Lipinski definition) is 2. The smallest absolute Gasteiger partial charge is 0.322 e. The maximum atomic E-state index is 12.5. The van der Waals surface area contributed by atoms with Crippen molar-refractivity contribution < 1.29 is 14.7 Å². The van der Waals surface area contributed by atoms with Crippen LogP contribution in [-0.2, 0) is 4.79 Å². The van der Waals surface area contributed by atoms with Gasteiger partial charge in [-0.15, -0.1) is 0 Å². The Kier molecular flexibility index (Phi) is 5.72. The molecule has 0 atom stereocenters. The lowest BCUT2D eigenvalue weighted by Crippen LogP contribution is -2.30. The predicted octanol–water partition coefficient (Wildman–Crippen LogP) is 4.28.